The van der Waals surface area contributed by atoms with Gasteiger partial charge in [-0.3, -0.25) is 0 Å². The van der Waals surface area contributed by atoms with Crippen molar-refractivity contribution in [3.8, 4) is 11.1 Å². The highest BCUT2D eigenvalue weighted by Gasteiger charge is 2.08. The molecule has 0 saturated heterocycles. The van der Waals surface area contributed by atoms with Gasteiger partial charge >= 0.3 is 0 Å². The molecule has 1 aromatic carbocycles. The highest BCUT2D eigenvalue weighted by Crippen LogP contribution is 2.34. The predicted octanol–water partition coefficient (Wildman–Crippen LogP) is 6.46. The fourth-order valence-corrected chi connectivity index (χ4v) is 3.15. The standard InChI is InChI=1S/C21H24/c1-2-3-4-5-7-10-17-13-14-19-16-18-11-8-6-9-12-20(18)21(19)15-17/h6,8-9,11-16H,2-5,7,10H2,1H3. The lowest BCUT2D eigenvalue weighted by Gasteiger charge is -2.03. The van der Waals surface area contributed by atoms with Crippen molar-refractivity contribution < 1.29 is 0 Å². The van der Waals surface area contributed by atoms with Gasteiger partial charge in [0.2, 0.25) is 0 Å². The van der Waals surface area contributed by atoms with Gasteiger partial charge in [0.05, 0.1) is 0 Å². The number of benzene rings is 1. The van der Waals surface area contributed by atoms with Crippen LogP contribution in [0.2, 0.25) is 0 Å². The molecule has 0 aromatic heterocycles. The zero-order chi connectivity index (χ0) is 14.5. The molecular weight excluding hydrogens is 252 g/mol. The first-order chi connectivity index (χ1) is 10.4. The average molecular weight is 276 g/mol. The molecule has 0 atom stereocenters. The second-order valence-electron chi connectivity index (χ2n) is 6.01. The lowest BCUT2D eigenvalue weighted by atomic mass is 10.0. The average Bonchev–Trinajstić information content (AvgIpc) is 2.68. The summed E-state index contributed by atoms with van der Waals surface area (Å²) in [6.45, 7) is 2.27. The van der Waals surface area contributed by atoms with E-state index in [1.54, 1.807) is 0 Å². The predicted molar refractivity (Wildman–Crippen MR) is 93.0 cm³/mol. The van der Waals surface area contributed by atoms with Gasteiger partial charge in [-0.1, -0.05) is 81.1 Å². The Kier molecular flexibility index (Phi) is 4.55. The molecule has 0 heteroatoms. The van der Waals surface area contributed by atoms with Crippen molar-refractivity contribution in [3.63, 3.8) is 0 Å². The van der Waals surface area contributed by atoms with Crippen LogP contribution in [0.5, 0.6) is 0 Å². The van der Waals surface area contributed by atoms with E-state index in [4.69, 9.17) is 0 Å². The van der Waals surface area contributed by atoms with E-state index in [1.807, 2.05) is 0 Å². The van der Waals surface area contributed by atoms with Crippen molar-refractivity contribution in [1.29, 1.82) is 0 Å². The minimum atomic E-state index is 1.21. The van der Waals surface area contributed by atoms with E-state index in [2.05, 4.69) is 61.5 Å². The van der Waals surface area contributed by atoms with Crippen LogP contribution in [0.15, 0.2) is 54.6 Å². The quantitative estimate of drug-likeness (QED) is 0.453. The summed E-state index contributed by atoms with van der Waals surface area (Å²) < 4.78 is 0. The van der Waals surface area contributed by atoms with Crippen molar-refractivity contribution in [2.24, 2.45) is 0 Å². The van der Waals surface area contributed by atoms with E-state index >= 15 is 0 Å². The van der Waals surface area contributed by atoms with E-state index < -0.39 is 0 Å². The van der Waals surface area contributed by atoms with E-state index in [0.717, 1.165) is 0 Å². The van der Waals surface area contributed by atoms with E-state index in [9.17, 15) is 0 Å². The Bertz CT molecular complexity index is 681. The zero-order valence-corrected chi connectivity index (χ0v) is 12.9. The van der Waals surface area contributed by atoms with Crippen molar-refractivity contribution in [2.45, 2.75) is 45.4 Å². The van der Waals surface area contributed by atoms with Gasteiger partial charge in [0.25, 0.3) is 0 Å². The van der Waals surface area contributed by atoms with Gasteiger partial charge in [0, 0.05) is 0 Å². The highest BCUT2D eigenvalue weighted by atomic mass is 14.1. The molecule has 0 radical (unpaired) electrons. The third-order valence-electron chi connectivity index (χ3n) is 4.36. The molecule has 0 saturated carbocycles. The first kappa shape index (κ1) is 14.1. The molecule has 0 amide bonds. The Hall–Kier alpha value is -1.82. The second-order valence-corrected chi connectivity index (χ2v) is 6.01. The van der Waals surface area contributed by atoms with Crippen LogP contribution in [-0.2, 0) is 6.42 Å². The first-order valence-electron chi connectivity index (χ1n) is 8.29. The number of fused-ring (bicyclic) bond motifs is 3. The smallest absolute Gasteiger partial charge is 0.0102 e. The molecule has 21 heavy (non-hydrogen) atoms. The van der Waals surface area contributed by atoms with Gasteiger partial charge < -0.3 is 0 Å². The van der Waals surface area contributed by atoms with Crippen molar-refractivity contribution in [3.05, 3.63) is 60.2 Å². The molecule has 0 fully saturated rings. The summed E-state index contributed by atoms with van der Waals surface area (Å²) in [7, 11) is 0. The third-order valence-corrected chi connectivity index (χ3v) is 4.36. The molecule has 0 bridgehead atoms. The fraction of sp³-hybridized carbons (Fsp3) is 0.333. The maximum atomic E-state index is 2.40. The van der Waals surface area contributed by atoms with E-state index in [-0.39, 0.29) is 0 Å². The Labute approximate surface area is 128 Å². The van der Waals surface area contributed by atoms with Crippen molar-refractivity contribution in [2.75, 3.05) is 0 Å². The maximum Gasteiger partial charge on any atom is -0.0102 e. The van der Waals surface area contributed by atoms with Gasteiger partial charge in [-0.25, -0.2) is 0 Å². The third kappa shape index (κ3) is 3.26. The Morgan fingerprint density at radius 1 is 0.762 bits per heavy atom. The lowest BCUT2D eigenvalue weighted by Crippen LogP contribution is -1.86. The van der Waals surface area contributed by atoms with Crippen LogP contribution in [-0.4, -0.2) is 0 Å². The molecule has 0 aliphatic heterocycles. The number of aryl methyl sites for hydroxylation is 1. The molecule has 2 aliphatic rings. The summed E-state index contributed by atoms with van der Waals surface area (Å²) in [5, 5.41) is 2.78. The van der Waals surface area contributed by atoms with Crippen molar-refractivity contribution >= 4 is 10.8 Å². The van der Waals surface area contributed by atoms with Crippen LogP contribution in [0.4, 0.5) is 0 Å². The van der Waals surface area contributed by atoms with E-state index in [1.165, 1.54) is 66.0 Å². The second kappa shape index (κ2) is 6.76. The summed E-state index contributed by atoms with van der Waals surface area (Å²) in [5.74, 6) is 0. The topological polar surface area (TPSA) is 0 Å². The minimum absolute atomic E-state index is 1.21. The van der Waals surface area contributed by atoms with Gasteiger partial charge in [0.1, 0.15) is 0 Å². The molecule has 0 heterocycles. The largest absolute Gasteiger partial charge is 0.0654 e. The number of rotatable bonds is 6. The summed E-state index contributed by atoms with van der Waals surface area (Å²) in [5.41, 5.74) is 4.20. The Morgan fingerprint density at radius 3 is 2.52 bits per heavy atom. The molecule has 1 aromatic rings. The van der Waals surface area contributed by atoms with Gasteiger partial charge in [0.15, 0.2) is 0 Å². The molecule has 0 N–H and O–H groups in total. The molecule has 108 valence electrons. The zero-order valence-electron chi connectivity index (χ0n) is 12.9. The highest BCUT2D eigenvalue weighted by molar-refractivity contribution is 6.02. The van der Waals surface area contributed by atoms with Gasteiger partial charge in [-0.05, 0) is 46.4 Å². The molecule has 0 nitrogen and oxygen atoms in total. The SMILES string of the molecule is CCCCCCCc1ccc2cc3cccccc-3c2c1. The Morgan fingerprint density at radius 2 is 1.62 bits per heavy atom. The van der Waals surface area contributed by atoms with Crippen LogP contribution >= 0.6 is 0 Å². The van der Waals surface area contributed by atoms with Gasteiger partial charge in [-0.2, -0.15) is 0 Å². The summed E-state index contributed by atoms with van der Waals surface area (Å²) in [4.78, 5) is 0. The van der Waals surface area contributed by atoms with Crippen LogP contribution in [0.1, 0.15) is 44.6 Å². The van der Waals surface area contributed by atoms with Crippen LogP contribution in [0.25, 0.3) is 21.9 Å². The maximum absolute atomic E-state index is 2.40. The normalized spacial score (nSPS) is 11.3. The number of unbranched alkanes of at least 4 members (excludes halogenated alkanes) is 4. The summed E-state index contributed by atoms with van der Waals surface area (Å²) >= 11 is 0. The summed E-state index contributed by atoms with van der Waals surface area (Å²) in [6.07, 6.45) is 7.98. The molecular formula is C21H24. The molecule has 2 aliphatic carbocycles. The minimum Gasteiger partial charge on any atom is -0.0654 e. The van der Waals surface area contributed by atoms with Crippen molar-refractivity contribution in [1.82, 2.24) is 0 Å². The Balaban J connectivity index is 1.79. The van der Waals surface area contributed by atoms with E-state index in [0.29, 0.717) is 0 Å². The molecule has 3 rings (SSSR count). The molecule has 0 unspecified atom stereocenters. The summed E-state index contributed by atoms with van der Waals surface area (Å²) in [6, 6.07) is 20.1. The van der Waals surface area contributed by atoms with Crippen LogP contribution in [0.3, 0.4) is 0 Å². The van der Waals surface area contributed by atoms with Crippen LogP contribution in [0, 0.1) is 0 Å². The lowest BCUT2D eigenvalue weighted by molar-refractivity contribution is 0.632. The van der Waals surface area contributed by atoms with Crippen LogP contribution < -0.4 is 0 Å². The fourth-order valence-electron chi connectivity index (χ4n) is 3.15. The monoisotopic (exact) mass is 276 g/mol. The molecule has 0 spiro atoms. The first-order valence-corrected chi connectivity index (χ1v) is 8.29. The number of hydrogen-bond donors (Lipinski definition) is 0. The number of hydrogen-bond acceptors (Lipinski definition) is 0. The van der Waals surface area contributed by atoms with Gasteiger partial charge in [-0.15, -0.1) is 0 Å².